The van der Waals surface area contributed by atoms with Gasteiger partial charge in [-0.05, 0) is 54.3 Å². The maximum atomic E-state index is 13.2. The topological polar surface area (TPSA) is 115 Å². The molecule has 0 saturated carbocycles. The van der Waals surface area contributed by atoms with E-state index in [0.29, 0.717) is 12.1 Å². The summed E-state index contributed by atoms with van der Waals surface area (Å²) < 4.78 is 73.3. The number of ether oxygens (including phenoxy) is 1. The van der Waals surface area contributed by atoms with E-state index in [1.807, 2.05) is 0 Å². The number of sulfone groups is 1. The molecule has 0 amide bonds. The molecule has 0 radical (unpaired) electrons. The molecule has 1 heterocycles. The van der Waals surface area contributed by atoms with Gasteiger partial charge in [0.15, 0.2) is 15.6 Å². The average Bonchev–Trinajstić information content (AvgIpc) is 3.21. The molecule has 0 fully saturated rings. The first-order valence-electron chi connectivity index (χ1n) is 9.68. The van der Waals surface area contributed by atoms with Crippen LogP contribution in [0.5, 0.6) is 0 Å². The molecule has 2 aromatic rings. The number of hydrogen-bond donors (Lipinski definition) is 1. The third-order valence-corrected chi connectivity index (χ3v) is 6.22. The molecule has 1 aromatic carbocycles. The third kappa shape index (κ3) is 7.71. The van der Waals surface area contributed by atoms with Gasteiger partial charge in [0, 0.05) is 18.4 Å². The van der Waals surface area contributed by atoms with Crippen molar-refractivity contribution in [2.24, 2.45) is 10.7 Å². The summed E-state index contributed by atoms with van der Waals surface area (Å²) in [7, 11) is 0.0760. The van der Waals surface area contributed by atoms with Crippen molar-refractivity contribution in [1.29, 1.82) is 0 Å². The minimum atomic E-state index is -4.87. The number of aliphatic imine (C=N–C) groups is 1. The normalized spacial score (nSPS) is 13.7. The minimum Gasteiger partial charge on any atom is -0.463 e. The molecule has 0 aliphatic rings. The standard InChI is InChI=1S/C21H23BrF3N3O5S/c1-28(2)9-10-32-17(29)12-27-19(18(22)20(26)21(23,24)25)16-8-7-15(33-16)13-5-4-6-14(11-13)34(3,30)31/h4-8,11H,9-10,12,26H2,1-3H3. The number of halogens is 4. The van der Waals surface area contributed by atoms with Crippen LogP contribution in [0, 0.1) is 0 Å². The van der Waals surface area contributed by atoms with Crippen LogP contribution in [-0.2, 0) is 19.4 Å². The van der Waals surface area contributed by atoms with Crippen LogP contribution in [0.3, 0.4) is 0 Å². The lowest BCUT2D eigenvalue weighted by atomic mass is 10.2. The molecular weight excluding hydrogens is 543 g/mol. The molecule has 8 nitrogen and oxygen atoms in total. The summed E-state index contributed by atoms with van der Waals surface area (Å²) in [5, 5.41) is 0. The van der Waals surface area contributed by atoms with Crippen molar-refractivity contribution in [1.82, 2.24) is 4.90 Å². The van der Waals surface area contributed by atoms with E-state index < -0.39 is 38.7 Å². The van der Waals surface area contributed by atoms with Gasteiger partial charge in [0.05, 0.1) is 9.38 Å². The Morgan fingerprint density at radius 1 is 1.24 bits per heavy atom. The van der Waals surface area contributed by atoms with Gasteiger partial charge in [-0.15, -0.1) is 0 Å². The molecular formula is C21H23BrF3N3O5S. The van der Waals surface area contributed by atoms with Gasteiger partial charge in [-0.1, -0.05) is 12.1 Å². The lowest BCUT2D eigenvalue weighted by molar-refractivity contribution is -0.142. The summed E-state index contributed by atoms with van der Waals surface area (Å²) in [5.74, 6) is -0.703. The van der Waals surface area contributed by atoms with Crippen LogP contribution >= 0.6 is 15.9 Å². The van der Waals surface area contributed by atoms with E-state index in [9.17, 15) is 26.4 Å². The number of nitrogens with two attached hydrogens (primary N) is 1. The van der Waals surface area contributed by atoms with E-state index in [1.165, 1.54) is 30.3 Å². The number of alkyl halides is 3. The van der Waals surface area contributed by atoms with E-state index in [-0.39, 0.29) is 28.7 Å². The van der Waals surface area contributed by atoms with Crippen molar-refractivity contribution in [2.45, 2.75) is 11.1 Å². The van der Waals surface area contributed by atoms with Gasteiger partial charge >= 0.3 is 12.1 Å². The molecule has 0 atom stereocenters. The Balaban J connectivity index is 2.43. The van der Waals surface area contributed by atoms with Crippen LogP contribution in [0.1, 0.15) is 5.76 Å². The van der Waals surface area contributed by atoms with Crippen LogP contribution in [0.15, 0.2) is 60.9 Å². The molecule has 0 unspecified atom stereocenters. The molecule has 0 aliphatic carbocycles. The van der Waals surface area contributed by atoms with Gasteiger partial charge in [0.2, 0.25) is 0 Å². The SMILES string of the molecule is CN(C)CCOC(=O)CN=C(C(Br)=C(N)C(F)(F)F)c1ccc(-c2cccc(S(C)(=O)=O)c2)o1. The molecule has 0 aliphatic heterocycles. The van der Waals surface area contributed by atoms with E-state index in [4.69, 9.17) is 14.9 Å². The number of likely N-dealkylation sites (N-methyl/N-ethyl adjacent to an activating group) is 1. The van der Waals surface area contributed by atoms with Crippen LogP contribution in [0.25, 0.3) is 11.3 Å². The minimum absolute atomic E-state index is 0.0414. The summed E-state index contributed by atoms with van der Waals surface area (Å²) >= 11 is 2.81. The molecule has 0 saturated heterocycles. The van der Waals surface area contributed by atoms with Crippen molar-refractivity contribution in [3.63, 3.8) is 0 Å². The molecule has 2 rings (SSSR count). The second kappa shape index (κ2) is 11.2. The van der Waals surface area contributed by atoms with Crippen molar-refractivity contribution in [3.05, 3.63) is 52.3 Å². The molecule has 2 N–H and O–H groups in total. The fourth-order valence-electron chi connectivity index (χ4n) is 2.54. The Bertz CT molecular complexity index is 1200. The zero-order chi connectivity index (χ0) is 25.7. The van der Waals surface area contributed by atoms with Gasteiger partial charge in [0.1, 0.15) is 30.3 Å². The van der Waals surface area contributed by atoms with Gasteiger partial charge in [-0.2, -0.15) is 13.2 Å². The van der Waals surface area contributed by atoms with E-state index in [2.05, 4.69) is 20.9 Å². The number of esters is 1. The highest BCUT2D eigenvalue weighted by molar-refractivity contribution is 9.12. The number of nitrogens with zero attached hydrogens (tertiary/aromatic N) is 2. The van der Waals surface area contributed by atoms with Crippen LogP contribution in [-0.4, -0.2) is 71.2 Å². The number of allylic oxidation sites excluding steroid dienone is 2. The maximum Gasteiger partial charge on any atom is 0.431 e. The Kier molecular flexibility index (Phi) is 9.08. The van der Waals surface area contributed by atoms with E-state index in [0.717, 1.165) is 6.26 Å². The Labute approximate surface area is 203 Å². The summed E-state index contributed by atoms with van der Waals surface area (Å²) in [6.45, 7) is -0.0381. The molecule has 0 bridgehead atoms. The third-order valence-electron chi connectivity index (χ3n) is 4.30. The number of carbonyl (C=O) groups is 1. The summed E-state index contributed by atoms with van der Waals surface area (Å²) in [5.41, 5.74) is 3.79. The molecule has 186 valence electrons. The number of rotatable bonds is 9. The summed E-state index contributed by atoms with van der Waals surface area (Å²) in [6, 6.07) is 8.62. The second-order valence-electron chi connectivity index (χ2n) is 7.38. The smallest absolute Gasteiger partial charge is 0.431 e. The van der Waals surface area contributed by atoms with Crippen LogP contribution < -0.4 is 5.73 Å². The molecule has 1 aromatic heterocycles. The van der Waals surface area contributed by atoms with Crippen LogP contribution in [0.4, 0.5) is 13.2 Å². The molecule has 34 heavy (non-hydrogen) atoms. The first-order valence-corrected chi connectivity index (χ1v) is 12.4. The van der Waals surface area contributed by atoms with Gasteiger partial charge < -0.3 is 19.8 Å². The predicted octanol–water partition coefficient (Wildman–Crippen LogP) is 3.37. The van der Waals surface area contributed by atoms with Crippen LogP contribution in [0.2, 0.25) is 0 Å². The monoisotopic (exact) mass is 565 g/mol. The largest absolute Gasteiger partial charge is 0.463 e. The average molecular weight is 566 g/mol. The summed E-state index contributed by atoms with van der Waals surface area (Å²) in [6.07, 6.45) is -3.82. The van der Waals surface area contributed by atoms with Crippen molar-refractivity contribution in [2.75, 3.05) is 40.0 Å². The van der Waals surface area contributed by atoms with Crippen molar-refractivity contribution < 1.29 is 35.5 Å². The highest BCUT2D eigenvalue weighted by Crippen LogP contribution is 2.31. The first kappa shape index (κ1) is 27.6. The summed E-state index contributed by atoms with van der Waals surface area (Å²) in [4.78, 5) is 17.8. The first-order chi connectivity index (χ1) is 15.7. The Hall–Kier alpha value is -2.64. The second-order valence-corrected chi connectivity index (χ2v) is 10.2. The number of benzene rings is 1. The number of furan rings is 1. The van der Waals surface area contributed by atoms with Crippen molar-refractivity contribution >= 4 is 37.4 Å². The highest BCUT2D eigenvalue weighted by atomic mass is 79.9. The van der Waals surface area contributed by atoms with Gasteiger partial charge in [0.25, 0.3) is 0 Å². The lowest BCUT2D eigenvalue weighted by Gasteiger charge is -2.12. The molecule has 0 spiro atoms. The van der Waals surface area contributed by atoms with Gasteiger partial charge in [-0.3, -0.25) is 9.79 Å². The maximum absolute atomic E-state index is 13.2. The number of carbonyl (C=O) groups excluding carboxylic acids is 1. The predicted molar refractivity (Wildman–Crippen MR) is 124 cm³/mol. The highest BCUT2D eigenvalue weighted by Gasteiger charge is 2.35. The molecule has 13 heteroatoms. The Morgan fingerprint density at radius 2 is 1.91 bits per heavy atom. The zero-order valence-corrected chi connectivity index (χ0v) is 20.9. The lowest BCUT2D eigenvalue weighted by Crippen LogP contribution is -2.24. The Morgan fingerprint density at radius 3 is 2.50 bits per heavy atom. The number of hydrogen-bond acceptors (Lipinski definition) is 8. The quantitative estimate of drug-likeness (QED) is 0.366. The zero-order valence-electron chi connectivity index (χ0n) is 18.5. The van der Waals surface area contributed by atoms with E-state index >= 15 is 0 Å². The van der Waals surface area contributed by atoms with E-state index in [1.54, 1.807) is 25.1 Å². The van der Waals surface area contributed by atoms with Gasteiger partial charge in [-0.25, -0.2) is 8.42 Å². The fourth-order valence-corrected chi connectivity index (χ4v) is 3.75. The van der Waals surface area contributed by atoms with Crippen molar-refractivity contribution in [3.8, 4) is 11.3 Å². The fraction of sp³-hybridized carbons (Fsp3) is 0.333.